The van der Waals surface area contributed by atoms with Crippen LogP contribution >= 0.6 is 0 Å². The second-order valence-electron chi connectivity index (χ2n) is 4.53. The van der Waals surface area contributed by atoms with E-state index in [9.17, 15) is 4.79 Å². The molecule has 1 saturated heterocycles. The highest BCUT2D eigenvalue weighted by Gasteiger charge is 2.23. The van der Waals surface area contributed by atoms with Crippen molar-refractivity contribution >= 4 is 11.6 Å². The summed E-state index contributed by atoms with van der Waals surface area (Å²) in [6, 6.07) is 0. The first-order valence-corrected chi connectivity index (χ1v) is 6.36. The molecule has 100 valence electrons. The van der Waals surface area contributed by atoms with E-state index >= 15 is 0 Å². The highest BCUT2D eigenvalue weighted by atomic mass is 16.5. The number of nitrogens with zero attached hydrogens (tertiary/aromatic N) is 3. The lowest BCUT2D eigenvalue weighted by Gasteiger charge is -2.32. The summed E-state index contributed by atoms with van der Waals surface area (Å²) in [7, 11) is 0. The van der Waals surface area contributed by atoms with Gasteiger partial charge in [0.2, 0.25) is 5.91 Å². The van der Waals surface area contributed by atoms with Crippen LogP contribution in [0, 0.1) is 0 Å². The van der Waals surface area contributed by atoms with Crippen molar-refractivity contribution in [3.63, 3.8) is 0 Å². The molecule has 1 atom stereocenters. The number of nitrogens with two attached hydrogens (primary N) is 1. The van der Waals surface area contributed by atoms with Crippen LogP contribution in [-0.4, -0.2) is 46.4 Å². The van der Waals surface area contributed by atoms with Gasteiger partial charge in [0.15, 0.2) is 0 Å². The lowest BCUT2D eigenvalue weighted by Crippen LogP contribution is -2.44. The SMILES string of the molecule is CCOC1CCCN(C(=O)Cn2cc(N)cn2)C1. The van der Waals surface area contributed by atoms with Crippen molar-refractivity contribution in [3.05, 3.63) is 12.4 Å². The lowest BCUT2D eigenvalue weighted by molar-refractivity contribution is -0.136. The molecule has 1 aromatic heterocycles. The first-order chi connectivity index (χ1) is 8.69. The van der Waals surface area contributed by atoms with E-state index in [0.29, 0.717) is 18.8 Å². The van der Waals surface area contributed by atoms with Gasteiger partial charge in [-0.05, 0) is 19.8 Å². The molecule has 2 heterocycles. The van der Waals surface area contributed by atoms with Crippen LogP contribution in [0.25, 0.3) is 0 Å². The Morgan fingerprint density at radius 3 is 3.17 bits per heavy atom. The van der Waals surface area contributed by atoms with E-state index in [2.05, 4.69) is 5.10 Å². The summed E-state index contributed by atoms with van der Waals surface area (Å²) in [6.45, 7) is 4.41. The zero-order valence-electron chi connectivity index (χ0n) is 10.7. The van der Waals surface area contributed by atoms with Gasteiger partial charge in [-0.15, -0.1) is 0 Å². The minimum Gasteiger partial charge on any atom is -0.396 e. The molecule has 6 heteroatoms. The molecule has 6 nitrogen and oxygen atoms in total. The number of hydrogen-bond acceptors (Lipinski definition) is 4. The number of rotatable bonds is 4. The highest BCUT2D eigenvalue weighted by molar-refractivity contribution is 5.76. The topological polar surface area (TPSA) is 73.4 Å². The van der Waals surface area contributed by atoms with Crippen LogP contribution in [0.15, 0.2) is 12.4 Å². The van der Waals surface area contributed by atoms with Crippen molar-refractivity contribution < 1.29 is 9.53 Å². The maximum absolute atomic E-state index is 12.1. The van der Waals surface area contributed by atoms with Crippen molar-refractivity contribution in [1.29, 1.82) is 0 Å². The zero-order valence-corrected chi connectivity index (χ0v) is 10.7. The van der Waals surface area contributed by atoms with Crippen molar-refractivity contribution in [2.45, 2.75) is 32.4 Å². The summed E-state index contributed by atoms with van der Waals surface area (Å²) < 4.78 is 7.15. The zero-order chi connectivity index (χ0) is 13.0. The third-order valence-electron chi connectivity index (χ3n) is 3.08. The summed E-state index contributed by atoms with van der Waals surface area (Å²) in [5.41, 5.74) is 6.14. The minimum atomic E-state index is 0.0718. The van der Waals surface area contributed by atoms with Crippen LogP contribution < -0.4 is 5.73 Å². The Kier molecular flexibility index (Phi) is 4.19. The van der Waals surface area contributed by atoms with Crippen LogP contribution in [0.5, 0.6) is 0 Å². The first-order valence-electron chi connectivity index (χ1n) is 6.36. The Bertz CT molecular complexity index is 403. The number of amides is 1. The summed E-state index contributed by atoms with van der Waals surface area (Å²) in [5.74, 6) is 0.0718. The van der Waals surface area contributed by atoms with Crippen LogP contribution in [0.3, 0.4) is 0 Å². The summed E-state index contributed by atoms with van der Waals surface area (Å²) in [5, 5.41) is 4.02. The second-order valence-corrected chi connectivity index (χ2v) is 4.53. The standard InChI is InChI=1S/C12H20N4O2/c1-2-18-11-4-3-5-15(8-11)12(17)9-16-7-10(13)6-14-16/h6-7,11H,2-5,8-9,13H2,1H3. The number of nitrogen functional groups attached to an aromatic ring is 1. The maximum atomic E-state index is 12.1. The van der Waals surface area contributed by atoms with E-state index in [-0.39, 0.29) is 18.6 Å². The van der Waals surface area contributed by atoms with Crippen molar-refractivity contribution in [3.8, 4) is 0 Å². The fourth-order valence-electron chi connectivity index (χ4n) is 2.24. The van der Waals surface area contributed by atoms with Crippen LogP contribution in [0.4, 0.5) is 5.69 Å². The largest absolute Gasteiger partial charge is 0.396 e. The monoisotopic (exact) mass is 252 g/mol. The van der Waals surface area contributed by atoms with Gasteiger partial charge >= 0.3 is 0 Å². The fourth-order valence-corrected chi connectivity index (χ4v) is 2.24. The number of ether oxygens (including phenoxy) is 1. The van der Waals surface area contributed by atoms with E-state index in [0.717, 1.165) is 19.4 Å². The second kappa shape index (κ2) is 5.86. The Hall–Kier alpha value is -1.56. The molecule has 1 aromatic rings. The van der Waals surface area contributed by atoms with Gasteiger partial charge < -0.3 is 15.4 Å². The molecule has 1 aliphatic heterocycles. The quantitative estimate of drug-likeness (QED) is 0.846. The molecule has 2 N–H and O–H groups in total. The number of likely N-dealkylation sites (tertiary alicyclic amines) is 1. The molecule has 0 spiro atoms. The number of hydrogen-bond donors (Lipinski definition) is 1. The Balaban J connectivity index is 1.88. The van der Waals surface area contributed by atoms with Crippen molar-refractivity contribution in [2.24, 2.45) is 0 Å². The number of piperidine rings is 1. The van der Waals surface area contributed by atoms with Gasteiger partial charge in [0.05, 0.1) is 18.0 Å². The Morgan fingerprint density at radius 2 is 2.50 bits per heavy atom. The molecule has 1 unspecified atom stereocenters. The maximum Gasteiger partial charge on any atom is 0.244 e. The lowest BCUT2D eigenvalue weighted by atomic mass is 10.1. The molecule has 18 heavy (non-hydrogen) atoms. The van der Waals surface area contributed by atoms with Gasteiger partial charge in [0.1, 0.15) is 6.54 Å². The normalized spacial score (nSPS) is 20.1. The van der Waals surface area contributed by atoms with Gasteiger partial charge in [-0.2, -0.15) is 5.10 Å². The molecular weight excluding hydrogens is 232 g/mol. The van der Waals surface area contributed by atoms with Crippen LogP contribution in [-0.2, 0) is 16.1 Å². The van der Waals surface area contributed by atoms with Crippen LogP contribution in [0.1, 0.15) is 19.8 Å². The minimum absolute atomic E-state index is 0.0718. The average molecular weight is 252 g/mol. The van der Waals surface area contributed by atoms with Crippen molar-refractivity contribution in [2.75, 3.05) is 25.4 Å². The van der Waals surface area contributed by atoms with Gasteiger partial charge in [-0.1, -0.05) is 0 Å². The Labute approximate surface area is 107 Å². The first kappa shape index (κ1) is 12.9. The number of carbonyl (C=O) groups excluding carboxylic acids is 1. The molecule has 1 aliphatic rings. The van der Waals surface area contributed by atoms with E-state index in [1.54, 1.807) is 17.1 Å². The molecule has 0 aliphatic carbocycles. The molecule has 0 saturated carbocycles. The number of carbonyl (C=O) groups is 1. The van der Waals surface area contributed by atoms with Gasteiger partial charge in [0.25, 0.3) is 0 Å². The van der Waals surface area contributed by atoms with Crippen LogP contribution in [0.2, 0.25) is 0 Å². The summed E-state index contributed by atoms with van der Waals surface area (Å²) >= 11 is 0. The Morgan fingerprint density at radius 1 is 1.67 bits per heavy atom. The van der Waals surface area contributed by atoms with Gasteiger partial charge in [-0.25, -0.2) is 0 Å². The number of aromatic nitrogens is 2. The van der Waals surface area contributed by atoms with E-state index in [4.69, 9.17) is 10.5 Å². The third kappa shape index (κ3) is 3.22. The summed E-state index contributed by atoms with van der Waals surface area (Å²) in [4.78, 5) is 13.9. The highest BCUT2D eigenvalue weighted by Crippen LogP contribution is 2.13. The predicted molar refractivity (Wildman–Crippen MR) is 67.9 cm³/mol. The van der Waals surface area contributed by atoms with E-state index in [1.165, 1.54) is 0 Å². The van der Waals surface area contributed by atoms with E-state index < -0.39 is 0 Å². The molecule has 0 radical (unpaired) electrons. The molecular formula is C12H20N4O2. The smallest absolute Gasteiger partial charge is 0.244 e. The van der Waals surface area contributed by atoms with Crippen molar-refractivity contribution in [1.82, 2.24) is 14.7 Å². The summed E-state index contributed by atoms with van der Waals surface area (Å²) in [6.07, 6.45) is 5.42. The van der Waals surface area contributed by atoms with E-state index in [1.807, 2.05) is 11.8 Å². The predicted octanol–water partition coefficient (Wildman–Crippen LogP) is 0.493. The van der Waals surface area contributed by atoms with Gasteiger partial charge in [0, 0.05) is 25.9 Å². The molecule has 2 rings (SSSR count). The van der Waals surface area contributed by atoms with Gasteiger partial charge in [-0.3, -0.25) is 9.48 Å². The molecule has 0 bridgehead atoms. The molecule has 1 fully saturated rings. The molecule has 1 amide bonds. The molecule has 0 aromatic carbocycles. The third-order valence-corrected chi connectivity index (χ3v) is 3.08. The average Bonchev–Trinajstić information content (AvgIpc) is 2.75. The number of anilines is 1. The fraction of sp³-hybridized carbons (Fsp3) is 0.667.